The zero-order valence-corrected chi connectivity index (χ0v) is 21.0. The van der Waals surface area contributed by atoms with Gasteiger partial charge in [0.05, 0.1) is 27.3 Å². The molecule has 0 radical (unpaired) electrons. The fraction of sp³-hybridized carbons (Fsp3) is 0.214. The first-order valence-corrected chi connectivity index (χ1v) is 11.8. The van der Waals surface area contributed by atoms with E-state index in [-0.39, 0.29) is 16.5 Å². The molecule has 0 atom stereocenters. The molecule has 0 aliphatic rings. The van der Waals surface area contributed by atoms with Crippen molar-refractivity contribution in [3.63, 3.8) is 0 Å². The Morgan fingerprint density at radius 2 is 1.72 bits per heavy atom. The Morgan fingerprint density at radius 1 is 1.00 bits per heavy atom. The third-order valence-electron chi connectivity index (χ3n) is 6.02. The molecular formula is C28H24ClF2N3O2. The summed E-state index contributed by atoms with van der Waals surface area (Å²) in [6.45, 7) is 7.87. The number of aryl methyl sites for hydroxylation is 1. The number of phenols is 1. The average Bonchev–Trinajstić information content (AvgIpc) is 3.18. The van der Waals surface area contributed by atoms with Crippen LogP contribution in [0.5, 0.6) is 11.5 Å². The monoisotopic (exact) mass is 507 g/mol. The molecule has 0 saturated carbocycles. The van der Waals surface area contributed by atoms with E-state index in [4.69, 9.17) is 21.3 Å². The first-order valence-electron chi connectivity index (χ1n) is 11.4. The second-order valence-corrected chi connectivity index (χ2v) is 10.1. The van der Waals surface area contributed by atoms with Crippen molar-refractivity contribution in [2.24, 2.45) is 0 Å². The van der Waals surface area contributed by atoms with E-state index in [1.54, 1.807) is 29.8 Å². The van der Waals surface area contributed by atoms with Crippen LogP contribution in [0.3, 0.4) is 0 Å². The second-order valence-electron chi connectivity index (χ2n) is 9.69. The van der Waals surface area contributed by atoms with Crippen molar-refractivity contribution >= 4 is 33.4 Å². The largest absolute Gasteiger partial charge is 0.505 e. The summed E-state index contributed by atoms with van der Waals surface area (Å²) in [5.74, 6) is -2.04. The van der Waals surface area contributed by atoms with E-state index in [9.17, 15) is 5.11 Å². The van der Waals surface area contributed by atoms with Gasteiger partial charge < -0.3 is 9.84 Å². The summed E-state index contributed by atoms with van der Waals surface area (Å²) in [4.78, 5) is 4.77. The van der Waals surface area contributed by atoms with Crippen molar-refractivity contribution in [3.05, 3.63) is 82.5 Å². The number of pyridine rings is 1. The highest BCUT2D eigenvalue weighted by Gasteiger charge is 2.27. The van der Waals surface area contributed by atoms with Crippen molar-refractivity contribution in [3.8, 4) is 22.8 Å². The molecule has 3 aromatic carbocycles. The Hall–Kier alpha value is -3.71. The Bertz CT molecular complexity index is 1630. The van der Waals surface area contributed by atoms with Gasteiger partial charge >= 0.3 is 0 Å². The molecule has 0 aliphatic heterocycles. The van der Waals surface area contributed by atoms with Gasteiger partial charge in [0, 0.05) is 22.4 Å². The zero-order valence-electron chi connectivity index (χ0n) is 20.2. The number of hydrogen-bond donors (Lipinski definition) is 1. The van der Waals surface area contributed by atoms with E-state index in [2.05, 4.69) is 5.10 Å². The first kappa shape index (κ1) is 24.0. The summed E-state index contributed by atoms with van der Waals surface area (Å²) in [6, 6.07) is 15.4. The van der Waals surface area contributed by atoms with Crippen molar-refractivity contribution in [2.45, 2.75) is 39.8 Å². The van der Waals surface area contributed by atoms with Gasteiger partial charge in [-0.15, -0.1) is 0 Å². The molecule has 184 valence electrons. The molecular weight excluding hydrogens is 484 g/mol. The first-order chi connectivity index (χ1) is 17.1. The fourth-order valence-corrected chi connectivity index (χ4v) is 4.56. The molecule has 2 heterocycles. The zero-order chi connectivity index (χ0) is 25.8. The molecule has 0 spiro atoms. The van der Waals surface area contributed by atoms with Crippen LogP contribution in [0.25, 0.3) is 33.1 Å². The SMILES string of the molecule is Cc1nn(C(C)(C)C)c2nc(-c3ccc(OCc4ccccc4)c(Cl)c3)c3c(F)cc(O)c(F)c3c12. The molecule has 1 N–H and O–H groups in total. The lowest BCUT2D eigenvalue weighted by atomic mass is 9.99. The average molecular weight is 508 g/mol. The number of aromatic nitrogens is 3. The van der Waals surface area contributed by atoms with Gasteiger partial charge in [0.25, 0.3) is 0 Å². The second kappa shape index (κ2) is 8.75. The van der Waals surface area contributed by atoms with E-state index < -0.39 is 22.9 Å². The summed E-state index contributed by atoms with van der Waals surface area (Å²) in [6.07, 6.45) is 0. The van der Waals surface area contributed by atoms with Gasteiger partial charge in [-0.05, 0) is 51.5 Å². The lowest BCUT2D eigenvalue weighted by molar-refractivity contribution is 0.306. The predicted molar refractivity (Wildman–Crippen MR) is 138 cm³/mol. The summed E-state index contributed by atoms with van der Waals surface area (Å²) in [5.41, 5.74) is 2.03. The van der Waals surface area contributed by atoms with Gasteiger partial charge in [-0.2, -0.15) is 5.10 Å². The molecule has 5 nitrogen and oxygen atoms in total. The summed E-state index contributed by atoms with van der Waals surface area (Å²) in [5, 5.41) is 15.2. The van der Waals surface area contributed by atoms with Crippen LogP contribution in [0.2, 0.25) is 5.02 Å². The lowest BCUT2D eigenvalue weighted by Crippen LogP contribution is -2.23. The van der Waals surface area contributed by atoms with Crippen molar-refractivity contribution in [1.29, 1.82) is 0 Å². The Balaban J connectivity index is 1.72. The predicted octanol–water partition coefficient (Wildman–Crippen LogP) is 7.53. The van der Waals surface area contributed by atoms with Gasteiger partial charge in [-0.25, -0.2) is 18.4 Å². The summed E-state index contributed by atoms with van der Waals surface area (Å²) >= 11 is 6.54. The van der Waals surface area contributed by atoms with E-state index in [1.807, 2.05) is 51.1 Å². The quantitative estimate of drug-likeness (QED) is 0.273. The molecule has 36 heavy (non-hydrogen) atoms. The number of phenolic OH excluding ortho intramolecular Hbond substituents is 1. The van der Waals surface area contributed by atoms with Crippen LogP contribution in [-0.4, -0.2) is 19.9 Å². The number of halogens is 3. The molecule has 5 rings (SSSR count). The molecule has 0 amide bonds. The van der Waals surface area contributed by atoms with Crippen LogP contribution < -0.4 is 4.74 Å². The third kappa shape index (κ3) is 4.03. The maximum absolute atomic E-state index is 15.4. The number of rotatable bonds is 4. The van der Waals surface area contributed by atoms with Crippen LogP contribution >= 0.6 is 11.6 Å². The number of aromatic hydroxyl groups is 1. The number of fused-ring (bicyclic) bond motifs is 3. The number of benzene rings is 3. The van der Waals surface area contributed by atoms with Gasteiger partial charge in [0.1, 0.15) is 18.2 Å². The van der Waals surface area contributed by atoms with Crippen molar-refractivity contribution in [1.82, 2.24) is 14.8 Å². The normalized spacial score (nSPS) is 12.0. The van der Waals surface area contributed by atoms with Gasteiger partial charge in [0.15, 0.2) is 17.2 Å². The Morgan fingerprint density at radius 3 is 2.39 bits per heavy atom. The lowest BCUT2D eigenvalue weighted by Gasteiger charge is -2.20. The number of hydrogen-bond acceptors (Lipinski definition) is 4. The Kier molecular flexibility index (Phi) is 5.83. The van der Waals surface area contributed by atoms with Crippen LogP contribution in [0.15, 0.2) is 54.6 Å². The Labute approximate surface area is 211 Å². The van der Waals surface area contributed by atoms with Crippen LogP contribution in [0.1, 0.15) is 32.0 Å². The van der Waals surface area contributed by atoms with E-state index in [1.165, 1.54) is 0 Å². The van der Waals surface area contributed by atoms with Crippen LogP contribution in [0, 0.1) is 18.6 Å². The van der Waals surface area contributed by atoms with Crippen LogP contribution in [0.4, 0.5) is 8.78 Å². The molecule has 8 heteroatoms. The third-order valence-corrected chi connectivity index (χ3v) is 6.31. The highest BCUT2D eigenvalue weighted by Crippen LogP contribution is 2.41. The molecule has 5 aromatic rings. The molecule has 0 aliphatic carbocycles. The number of nitrogens with zero attached hydrogens (tertiary/aromatic N) is 3. The fourth-order valence-electron chi connectivity index (χ4n) is 4.33. The van der Waals surface area contributed by atoms with Crippen molar-refractivity contribution < 1.29 is 18.6 Å². The van der Waals surface area contributed by atoms with Gasteiger partial charge in [-0.3, -0.25) is 0 Å². The minimum absolute atomic E-state index is 0.0524. The summed E-state index contributed by atoms with van der Waals surface area (Å²) in [7, 11) is 0. The smallest absolute Gasteiger partial charge is 0.173 e. The minimum Gasteiger partial charge on any atom is -0.505 e. The molecule has 0 fully saturated rings. The molecule has 0 bridgehead atoms. The van der Waals surface area contributed by atoms with Crippen LogP contribution in [-0.2, 0) is 12.1 Å². The standard InChI is InChI=1S/C28H24ClF2N3O2/c1-15-22-24-23(19(30)13-20(35)25(24)31)26(32-27(22)34(33-15)28(2,3)4)17-10-11-21(18(29)12-17)36-14-16-8-6-5-7-9-16/h5-13,35H,14H2,1-4H3. The van der Waals surface area contributed by atoms with E-state index >= 15 is 8.78 Å². The van der Waals surface area contributed by atoms with E-state index in [0.29, 0.717) is 39.7 Å². The molecule has 0 saturated heterocycles. The molecule has 0 unspecified atom stereocenters. The highest BCUT2D eigenvalue weighted by molar-refractivity contribution is 6.32. The molecule has 2 aromatic heterocycles. The van der Waals surface area contributed by atoms with Gasteiger partial charge in [-0.1, -0.05) is 41.9 Å². The number of ether oxygens (including phenoxy) is 1. The highest BCUT2D eigenvalue weighted by atomic mass is 35.5. The maximum atomic E-state index is 15.4. The summed E-state index contributed by atoms with van der Waals surface area (Å²) < 4.78 is 38.2. The van der Waals surface area contributed by atoms with E-state index in [0.717, 1.165) is 11.6 Å². The van der Waals surface area contributed by atoms with Gasteiger partial charge in [0.2, 0.25) is 0 Å². The maximum Gasteiger partial charge on any atom is 0.173 e. The topological polar surface area (TPSA) is 60.2 Å². The van der Waals surface area contributed by atoms with Crippen molar-refractivity contribution in [2.75, 3.05) is 0 Å². The minimum atomic E-state index is -0.925.